The van der Waals surface area contributed by atoms with Crippen molar-refractivity contribution >= 4 is 39.5 Å². The van der Waals surface area contributed by atoms with Gasteiger partial charge >= 0.3 is 5.97 Å². The van der Waals surface area contributed by atoms with Crippen LogP contribution in [0.2, 0.25) is 0 Å². The van der Waals surface area contributed by atoms with Crippen molar-refractivity contribution in [2.75, 3.05) is 13.7 Å². The lowest BCUT2D eigenvalue weighted by atomic mass is 10.2. The lowest BCUT2D eigenvalue weighted by molar-refractivity contribution is -0.139. The Kier molecular flexibility index (Phi) is 4.76. The summed E-state index contributed by atoms with van der Waals surface area (Å²) in [5.74, 6) is -0.209. The van der Waals surface area contributed by atoms with Gasteiger partial charge in [-0.15, -0.1) is 0 Å². The Balaban J connectivity index is 2.01. The standard InChI is InChI=1S/C13H16IN3O2/c1-17-12-6-4-3-5-9(12)11(16-17)8-15-7-10(14)13(18)19-2/h3-6,10,15H,7-8H2,1-2H3. The van der Waals surface area contributed by atoms with E-state index < -0.39 is 0 Å². The molecule has 19 heavy (non-hydrogen) atoms. The first-order valence-electron chi connectivity index (χ1n) is 5.96. The van der Waals surface area contributed by atoms with Crippen LogP contribution in [0.15, 0.2) is 24.3 Å². The van der Waals surface area contributed by atoms with Crippen molar-refractivity contribution in [2.45, 2.75) is 10.5 Å². The maximum absolute atomic E-state index is 11.3. The molecule has 0 amide bonds. The summed E-state index contributed by atoms with van der Waals surface area (Å²) >= 11 is 2.07. The van der Waals surface area contributed by atoms with Crippen LogP contribution in [0.4, 0.5) is 0 Å². The highest BCUT2D eigenvalue weighted by atomic mass is 127. The number of rotatable bonds is 5. The maximum Gasteiger partial charge on any atom is 0.319 e. The van der Waals surface area contributed by atoms with E-state index in [1.807, 2.05) is 29.9 Å². The number of methoxy groups -OCH3 is 1. The number of ether oxygens (including phenoxy) is 1. The van der Waals surface area contributed by atoms with Gasteiger partial charge in [0, 0.05) is 25.5 Å². The van der Waals surface area contributed by atoms with E-state index in [0.717, 1.165) is 16.6 Å². The summed E-state index contributed by atoms with van der Waals surface area (Å²) < 4.78 is 6.37. The van der Waals surface area contributed by atoms with Gasteiger partial charge in [0.25, 0.3) is 0 Å². The minimum Gasteiger partial charge on any atom is -0.468 e. The van der Waals surface area contributed by atoms with Crippen molar-refractivity contribution in [1.82, 2.24) is 15.1 Å². The molecule has 5 nitrogen and oxygen atoms in total. The van der Waals surface area contributed by atoms with E-state index in [1.54, 1.807) is 0 Å². The number of nitrogens with zero attached hydrogens (tertiary/aromatic N) is 2. The second-order valence-corrected chi connectivity index (χ2v) is 5.71. The highest BCUT2D eigenvalue weighted by Gasteiger charge is 2.15. The molecule has 0 saturated carbocycles. The number of hydrogen-bond donors (Lipinski definition) is 1. The van der Waals surface area contributed by atoms with Gasteiger partial charge in [-0.2, -0.15) is 5.10 Å². The highest BCUT2D eigenvalue weighted by Crippen LogP contribution is 2.17. The Morgan fingerprint density at radius 1 is 1.53 bits per heavy atom. The van der Waals surface area contributed by atoms with E-state index in [1.165, 1.54) is 7.11 Å². The number of carbonyl (C=O) groups excluding carboxylic acids is 1. The molecule has 0 aliphatic heterocycles. The van der Waals surface area contributed by atoms with Crippen LogP contribution in [0.25, 0.3) is 10.9 Å². The van der Waals surface area contributed by atoms with Gasteiger partial charge in [0.1, 0.15) is 3.92 Å². The Hall–Kier alpha value is -1.15. The van der Waals surface area contributed by atoms with Gasteiger partial charge in [0.2, 0.25) is 0 Å². The van der Waals surface area contributed by atoms with Gasteiger partial charge in [0.05, 0.1) is 18.3 Å². The number of para-hydroxylation sites is 1. The molecule has 1 atom stereocenters. The first kappa shape index (κ1) is 14.3. The minimum atomic E-state index is -0.209. The monoisotopic (exact) mass is 373 g/mol. The number of alkyl halides is 1. The van der Waals surface area contributed by atoms with Crippen molar-refractivity contribution in [3.05, 3.63) is 30.0 Å². The lowest BCUT2D eigenvalue weighted by Crippen LogP contribution is -2.29. The minimum absolute atomic E-state index is 0.183. The third-order valence-electron chi connectivity index (χ3n) is 2.91. The number of hydrogen-bond acceptors (Lipinski definition) is 4. The molecule has 2 aromatic rings. The summed E-state index contributed by atoms with van der Waals surface area (Å²) in [4.78, 5) is 11.3. The summed E-state index contributed by atoms with van der Waals surface area (Å²) in [6, 6.07) is 8.10. The molecule has 6 heteroatoms. The Morgan fingerprint density at radius 3 is 3.00 bits per heavy atom. The summed E-state index contributed by atoms with van der Waals surface area (Å²) in [5, 5.41) is 8.86. The Morgan fingerprint density at radius 2 is 2.26 bits per heavy atom. The molecule has 1 N–H and O–H groups in total. The third kappa shape index (κ3) is 3.24. The number of esters is 1. The Bertz CT molecular complexity index is 582. The number of halogens is 1. The van der Waals surface area contributed by atoms with Crippen molar-refractivity contribution in [3.63, 3.8) is 0 Å². The summed E-state index contributed by atoms with van der Waals surface area (Å²) in [5.41, 5.74) is 2.10. The highest BCUT2D eigenvalue weighted by molar-refractivity contribution is 14.1. The molecule has 0 aliphatic carbocycles. The molecule has 0 aliphatic rings. The zero-order valence-electron chi connectivity index (χ0n) is 10.9. The second-order valence-electron chi connectivity index (χ2n) is 4.21. The fraction of sp³-hybridized carbons (Fsp3) is 0.385. The SMILES string of the molecule is COC(=O)C(I)CNCc1nn(C)c2ccccc12. The van der Waals surface area contributed by atoms with Crippen molar-refractivity contribution in [2.24, 2.45) is 7.05 Å². The van der Waals surface area contributed by atoms with Gasteiger partial charge in [-0.05, 0) is 6.07 Å². The molecule has 1 heterocycles. The van der Waals surface area contributed by atoms with E-state index in [4.69, 9.17) is 0 Å². The van der Waals surface area contributed by atoms with Crippen molar-refractivity contribution in [3.8, 4) is 0 Å². The largest absolute Gasteiger partial charge is 0.468 e. The first-order valence-corrected chi connectivity index (χ1v) is 7.21. The fourth-order valence-electron chi connectivity index (χ4n) is 1.95. The normalized spacial score (nSPS) is 12.6. The smallest absolute Gasteiger partial charge is 0.319 e. The molecule has 1 aromatic heterocycles. The van der Waals surface area contributed by atoms with Crippen LogP contribution >= 0.6 is 22.6 Å². The van der Waals surface area contributed by atoms with Crippen molar-refractivity contribution < 1.29 is 9.53 Å². The number of benzene rings is 1. The Labute approximate surface area is 125 Å². The fourth-order valence-corrected chi connectivity index (χ4v) is 2.51. The van der Waals surface area contributed by atoms with Crippen LogP contribution in [0.3, 0.4) is 0 Å². The topological polar surface area (TPSA) is 56.1 Å². The predicted octanol–water partition coefficient (Wildman–Crippen LogP) is 1.64. The van der Waals surface area contributed by atoms with E-state index in [2.05, 4.69) is 43.8 Å². The van der Waals surface area contributed by atoms with Crippen LogP contribution in [0, 0.1) is 0 Å². The molecule has 0 saturated heterocycles. The van der Waals surface area contributed by atoms with Crippen LogP contribution < -0.4 is 5.32 Å². The van der Waals surface area contributed by atoms with E-state index in [0.29, 0.717) is 13.1 Å². The van der Waals surface area contributed by atoms with Crippen LogP contribution in [-0.4, -0.2) is 33.3 Å². The molecule has 2 rings (SSSR count). The lowest BCUT2D eigenvalue weighted by Gasteiger charge is -2.08. The van der Waals surface area contributed by atoms with Gasteiger partial charge in [-0.3, -0.25) is 9.48 Å². The molecule has 0 bridgehead atoms. The average Bonchev–Trinajstić information content (AvgIpc) is 2.75. The van der Waals surface area contributed by atoms with Crippen molar-refractivity contribution in [1.29, 1.82) is 0 Å². The number of carbonyl (C=O) groups is 1. The van der Waals surface area contributed by atoms with E-state index >= 15 is 0 Å². The summed E-state index contributed by atoms with van der Waals surface area (Å²) in [6.07, 6.45) is 0. The zero-order valence-corrected chi connectivity index (χ0v) is 13.0. The molecule has 102 valence electrons. The van der Waals surface area contributed by atoms with Crippen LogP contribution in [0.1, 0.15) is 5.69 Å². The van der Waals surface area contributed by atoms with Gasteiger partial charge < -0.3 is 10.1 Å². The average molecular weight is 373 g/mol. The number of aryl methyl sites for hydroxylation is 1. The molecule has 1 unspecified atom stereocenters. The predicted molar refractivity (Wildman–Crippen MR) is 82.2 cm³/mol. The number of nitrogens with one attached hydrogen (secondary N) is 1. The van der Waals surface area contributed by atoms with Gasteiger partial charge in [0.15, 0.2) is 0 Å². The summed E-state index contributed by atoms with van der Waals surface area (Å²) in [6.45, 7) is 1.20. The van der Waals surface area contributed by atoms with Crippen LogP contribution in [0.5, 0.6) is 0 Å². The molecule has 1 aromatic carbocycles. The van der Waals surface area contributed by atoms with Gasteiger partial charge in [-0.25, -0.2) is 0 Å². The number of aromatic nitrogens is 2. The molecule has 0 fully saturated rings. The molecular formula is C13H16IN3O2. The van der Waals surface area contributed by atoms with Gasteiger partial charge in [-0.1, -0.05) is 40.8 Å². The number of fused-ring (bicyclic) bond motifs is 1. The van der Waals surface area contributed by atoms with Crippen LogP contribution in [-0.2, 0) is 23.1 Å². The summed E-state index contributed by atoms with van der Waals surface area (Å²) in [7, 11) is 3.33. The van der Waals surface area contributed by atoms with E-state index in [9.17, 15) is 4.79 Å². The first-order chi connectivity index (χ1) is 9.13. The van der Waals surface area contributed by atoms with E-state index in [-0.39, 0.29) is 9.89 Å². The molecule has 0 spiro atoms. The zero-order chi connectivity index (χ0) is 13.8. The maximum atomic E-state index is 11.3. The third-order valence-corrected chi connectivity index (χ3v) is 3.86. The quantitative estimate of drug-likeness (QED) is 0.492. The molecular weight excluding hydrogens is 357 g/mol. The second kappa shape index (κ2) is 6.33. The molecule has 0 radical (unpaired) electrons.